The lowest BCUT2D eigenvalue weighted by Gasteiger charge is -2.29. The van der Waals surface area contributed by atoms with Crippen LogP contribution in [0, 0.1) is 16.0 Å². The molecule has 5 nitrogen and oxygen atoms in total. The van der Waals surface area contributed by atoms with Crippen LogP contribution < -0.4 is 5.32 Å². The van der Waals surface area contributed by atoms with Crippen molar-refractivity contribution >= 4 is 5.69 Å². The molecular formula is C16H25N3O2. The number of nitrogens with zero attached hydrogens (tertiary/aromatic N) is 2. The minimum Gasteiger partial charge on any atom is -0.317 e. The highest BCUT2D eigenvalue weighted by atomic mass is 16.6. The molecule has 0 radical (unpaired) electrons. The van der Waals surface area contributed by atoms with Crippen molar-refractivity contribution in [3.05, 3.63) is 39.9 Å². The molecule has 1 fully saturated rings. The van der Waals surface area contributed by atoms with Crippen LogP contribution in [0.25, 0.3) is 0 Å². The summed E-state index contributed by atoms with van der Waals surface area (Å²) in [6.07, 6.45) is 3.49. The minimum atomic E-state index is -0.274. The first kappa shape index (κ1) is 15.9. The van der Waals surface area contributed by atoms with Crippen molar-refractivity contribution in [2.45, 2.75) is 32.7 Å². The summed E-state index contributed by atoms with van der Waals surface area (Å²) < 4.78 is 0. The topological polar surface area (TPSA) is 58.4 Å². The minimum absolute atomic E-state index is 0.240. The van der Waals surface area contributed by atoms with E-state index in [-0.39, 0.29) is 10.6 Å². The standard InChI is InChI=1S/C16H25N3O2/c1-2-11-18(12-14-7-9-17-10-8-14)13-15-5-3-4-6-16(15)19(20)21/h3-6,14,17H,2,7-13H2,1H3. The summed E-state index contributed by atoms with van der Waals surface area (Å²) in [5.41, 5.74) is 1.06. The number of nitrogens with one attached hydrogen (secondary N) is 1. The van der Waals surface area contributed by atoms with Crippen LogP contribution in [0.15, 0.2) is 24.3 Å². The van der Waals surface area contributed by atoms with Gasteiger partial charge in [-0.1, -0.05) is 25.1 Å². The average Bonchev–Trinajstić information content (AvgIpc) is 2.49. The average molecular weight is 291 g/mol. The summed E-state index contributed by atoms with van der Waals surface area (Å²) in [4.78, 5) is 13.2. The lowest BCUT2D eigenvalue weighted by molar-refractivity contribution is -0.385. The molecule has 0 aliphatic carbocycles. The third-order valence-corrected chi connectivity index (χ3v) is 4.10. The fraction of sp³-hybridized carbons (Fsp3) is 0.625. The predicted molar refractivity (Wildman–Crippen MR) is 84.3 cm³/mol. The highest BCUT2D eigenvalue weighted by Crippen LogP contribution is 2.21. The molecule has 0 spiro atoms. The van der Waals surface area contributed by atoms with Crippen molar-refractivity contribution < 1.29 is 4.92 Å². The number of hydrogen-bond donors (Lipinski definition) is 1. The van der Waals surface area contributed by atoms with Crippen LogP contribution in [0.4, 0.5) is 5.69 Å². The Hall–Kier alpha value is -1.46. The van der Waals surface area contributed by atoms with Crippen LogP contribution in [0.5, 0.6) is 0 Å². The van der Waals surface area contributed by atoms with E-state index >= 15 is 0 Å². The van der Waals surface area contributed by atoms with Gasteiger partial charge in [0.15, 0.2) is 0 Å². The van der Waals surface area contributed by atoms with Crippen LogP contribution in [0.1, 0.15) is 31.7 Å². The van der Waals surface area contributed by atoms with Gasteiger partial charge in [-0.2, -0.15) is 0 Å². The van der Waals surface area contributed by atoms with Gasteiger partial charge in [-0.05, 0) is 44.8 Å². The predicted octanol–water partition coefficient (Wildman–Crippen LogP) is 2.81. The van der Waals surface area contributed by atoms with Crippen LogP contribution in [-0.4, -0.2) is 36.0 Å². The molecule has 0 bridgehead atoms. The number of nitro groups is 1. The van der Waals surface area contributed by atoms with Gasteiger partial charge < -0.3 is 5.32 Å². The van der Waals surface area contributed by atoms with E-state index in [1.807, 2.05) is 12.1 Å². The van der Waals surface area contributed by atoms with Crippen molar-refractivity contribution in [3.63, 3.8) is 0 Å². The van der Waals surface area contributed by atoms with Gasteiger partial charge in [0.05, 0.1) is 4.92 Å². The molecule has 5 heteroatoms. The SMILES string of the molecule is CCCN(Cc1ccccc1[N+](=O)[O-])CC1CCNCC1. The van der Waals surface area contributed by atoms with Gasteiger partial charge >= 0.3 is 0 Å². The lowest BCUT2D eigenvalue weighted by atomic mass is 9.97. The Balaban J connectivity index is 2.03. The summed E-state index contributed by atoms with van der Waals surface area (Å²) in [7, 11) is 0. The van der Waals surface area contributed by atoms with E-state index in [0.717, 1.165) is 38.2 Å². The Bertz CT molecular complexity index is 459. The summed E-state index contributed by atoms with van der Waals surface area (Å²) in [6, 6.07) is 7.10. The zero-order chi connectivity index (χ0) is 15.1. The first-order valence-corrected chi connectivity index (χ1v) is 7.86. The monoisotopic (exact) mass is 291 g/mol. The van der Waals surface area contributed by atoms with Gasteiger partial charge in [0.1, 0.15) is 0 Å². The molecule has 1 heterocycles. The molecule has 0 unspecified atom stereocenters. The maximum Gasteiger partial charge on any atom is 0.273 e. The number of piperidine rings is 1. The fourth-order valence-electron chi connectivity index (χ4n) is 3.04. The summed E-state index contributed by atoms with van der Waals surface area (Å²) in [5, 5.41) is 14.5. The molecule has 1 N–H and O–H groups in total. The number of para-hydroxylation sites is 1. The third-order valence-electron chi connectivity index (χ3n) is 4.10. The largest absolute Gasteiger partial charge is 0.317 e. The van der Waals surface area contributed by atoms with E-state index in [9.17, 15) is 10.1 Å². The zero-order valence-electron chi connectivity index (χ0n) is 12.8. The number of nitro benzene ring substituents is 1. The van der Waals surface area contributed by atoms with Gasteiger partial charge in [0.25, 0.3) is 5.69 Å². The summed E-state index contributed by atoms with van der Waals surface area (Å²) in [5.74, 6) is 0.709. The molecule has 1 aromatic rings. The van der Waals surface area contributed by atoms with Gasteiger partial charge in [-0.15, -0.1) is 0 Å². The number of hydrogen-bond acceptors (Lipinski definition) is 4. The number of benzene rings is 1. The van der Waals surface area contributed by atoms with Crippen LogP contribution in [-0.2, 0) is 6.54 Å². The van der Waals surface area contributed by atoms with Gasteiger partial charge in [-0.3, -0.25) is 15.0 Å². The molecule has 1 saturated heterocycles. The Morgan fingerprint density at radius 1 is 1.33 bits per heavy atom. The van der Waals surface area contributed by atoms with E-state index in [2.05, 4.69) is 17.1 Å². The normalized spacial score (nSPS) is 16.3. The highest BCUT2D eigenvalue weighted by molar-refractivity contribution is 5.39. The Kier molecular flexibility index (Phi) is 6.14. The second kappa shape index (κ2) is 8.10. The van der Waals surface area contributed by atoms with Crippen molar-refractivity contribution in [2.24, 2.45) is 5.92 Å². The van der Waals surface area contributed by atoms with Gasteiger partial charge in [0, 0.05) is 24.7 Å². The lowest BCUT2D eigenvalue weighted by Crippen LogP contribution is -2.36. The second-order valence-electron chi connectivity index (χ2n) is 5.81. The molecule has 0 amide bonds. The summed E-state index contributed by atoms with van der Waals surface area (Å²) in [6.45, 7) is 7.06. The molecule has 1 aromatic carbocycles. The Morgan fingerprint density at radius 3 is 2.71 bits per heavy atom. The highest BCUT2D eigenvalue weighted by Gasteiger charge is 2.19. The van der Waals surface area contributed by atoms with E-state index in [4.69, 9.17) is 0 Å². The smallest absolute Gasteiger partial charge is 0.273 e. The zero-order valence-corrected chi connectivity index (χ0v) is 12.8. The molecule has 1 aliphatic rings. The van der Waals surface area contributed by atoms with E-state index < -0.39 is 0 Å². The molecular weight excluding hydrogens is 266 g/mol. The fourth-order valence-corrected chi connectivity index (χ4v) is 3.04. The second-order valence-corrected chi connectivity index (χ2v) is 5.81. The molecule has 116 valence electrons. The van der Waals surface area contributed by atoms with E-state index in [0.29, 0.717) is 12.5 Å². The Labute approximate surface area is 126 Å². The first-order valence-electron chi connectivity index (χ1n) is 7.86. The van der Waals surface area contributed by atoms with Gasteiger partial charge in [-0.25, -0.2) is 0 Å². The van der Waals surface area contributed by atoms with Crippen molar-refractivity contribution in [2.75, 3.05) is 26.2 Å². The molecule has 1 aliphatic heterocycles. The van der Waals surface area contributed by atoms with Crippen molar-refractivity contribution in [1.82, 2.24) is 10.2 Å². The van der Waals surface area contributed by atoms with Crippen LogP contribution in [0.3, 0.4) is 0 Å². The van der Waals surface area contributed by atoms with Gasteiger partial charge in [0.2, 0.25) is 0 Å². The Morgan fingerprint density at radius 2 is 2.05 bits per heavy atom. The summed E-state index contributed by atoms with van der Waals surface area (Å²) >= 11 is 0. The van der Waals surface area contributed by atoms with Crippen molar-refractivity contribution in [1.29, 1.82) is 0 Å². The molecule has 0 aromatic heterocycles. The maximum absolute atomic E-state index is 11.1. The quantitative estimate of drug-likeness (QED) is 0.620. The van der Waals surface area contributed by atoms with E-state index in [1.54, 1.807) is 12.1 Å². The van der Waals surface area contributed by atoms with Crippen LogP contribution >= 0.6 is 0 Å². The third kappa shape index (κ3) is 4.79. The first-order chi connectivity index (χ1) is 10.2. The van der Waals surface area contributed by atoms with Crippen molar-refractivity contribution in [3.8, 4) is 0 Å². The molecule has 2 rings (SSSR count). The van der Waals surface area contributed by atoms with Crippen LogP contribution in [0.2, 0.25) is 0 Å². The number of rotatable bonds is 7. The maximum atomic E-state index is 11.1. The van der Waals surface area contributed by atoms with E-state index in [1.165, 1.54) is 12.8 Å². The molecule has 0 atom stereocenters. The molecule has 21 heavy (non-hydrogen) atoms. The molecule has 0 saturated carbocycles.